The van der Waals surface area contributed by atoms with Crippen LogP contribution >= 0.6 is 31.9 Å². The van der Waals surface area contributed by atoms with E-state index >= 15 is 0 Å². The lowest BCUT2D eigenvalue weighted by Crippen LogP contribution is -2.30. The molecular formula is C12H17Br2NO3S. The van der Waals surface area contributed by atoms with Crippen molar-refractivity contribution < 1.29 is 13.2 Å². The number of nitrogens with two attached hydrogens (primary N) is 1. The van der Waals surface area contributed by atoms with Crippen molar-refractivity contribution in [2.45, 2.75) is 13.8 Å². The quantitative estimate of drug-likeness (QED) is 0.777. The normalized spacial score (nSPS) is 13.6. The van der Waals surface area contributed by atoms with E-state index in [9.17, 15) is 8.42 Å². The van der Waals surface area contributed by atoms with Crippen LogP contribution in [0.5, 0.6) is 5.75 Å². The summed E-state index contributed by atoms with van der Waals surface area (Å²) in [5.41, 5.74) is 0. The fourth-order valence-electron chi connectivity index (χ4n) is 1.54. The van der Waals surface area contributed by atoms with E-state index in [2.05, 4.69) is 31.9 Å². The van der Waals surface area contributed by atoms with Crippen LogP contribution in [0.15, 0.2) is 27.1 Å². The molecule has 0 aliphatic carbocycles. The molecule has 1 rings (SSSR count). The minimum absolute atomic E-state index is 0.0766. The topological polar surface area (TPSA) is 69.4 Å². The second kappa shape index (κ2) is 7.06. The SMILES string of the molecule is CC(C)C(COc1c(Br)cccc1Br)CS(N)(=O)=O. The van der Waals surface area contributed by atoms with Gasteiger partial charge in [-0.3, -0.25) is 0 Å². The molecule has 0 aliphatic rings. The van der Waals surface area contributed by atoms with E-state index in [1.165, 1.54) is 0 Å². The molecular weight excluding hydrogens is 398 g/mol. The van der Waals surface area contributed by atoms with Crippen molar-refractivity contribution >= 4 is 41.9 Å². The van der Waals surface area contributed by atoms with Crippen LogP contribution < -0.4 is 9.88 Å². The number of rotatable bonds is 6. The third kappa shape index (κ3) is 5.81. The Morgan fingerprint density at radius 1 is 1.26 bits per heavy atom. The molecule has 0 spiro atoms. The first-order valence-electron chi connectivity index (χ1n) is 5.78. The van der Waals surface area contributed by atoms with Crippen LogP contribution in [0.25, 0.3) is 0 Å². The summed E-state index contributed by atoms with van der Waals surface area (Å²) in [6.07, 6.45) is 0. The summed E-state index contributed by atoms with van der Waals surface area (Å²) in [4.78, 5) is 0. The van der Waals surface area contributed by atoms with Gasteiger partial charge in [-0.25, -0.2) is 13.6 Å². The highest BCUT2D eigenvalue weighted by Crippen LogP contribution is 2.33. The summed E-state index contributed by atoms with van der Waals surface area (Å²) in [6, 6.07) is 5.61. The van der Waals surface area contributed by atoms with Gasteiger partial charge >= 0.3 is 0 Å². The van der Waals surface area contributed by atoms with Crippen LogP contribution in [-0.4, -0.2) is 20.8 Å². The summed E-state index contributed by atoms with van der Waals surface area (Å²) in [7, 11) is -3.50. The maximum atomic E-state index is 11.2. The average Bonchev–Trinajstić information content (AvgIpc) is 2.24. The van der Waals surface area contributed by atoms with Crippen LogP contribution in [0.1, 0.15) is 13.8 Å². The van der Waals surface area contributed by atoms with Gasteiger partial charge in [0.25, 0.3) is 0 Å². The molecule has 7 heteroatoms. The molecule has 4 nitrogen and oxygen atoms in total. The Kier molecular flexibility index (Phi) is 6.29. The van der Waals surface area contributed by atoms with E-state index in [1.807, 2.05) is 32.0 Å². The Morgan fingerprint density at radius 3 is 2.21 bits per heavy atom. The molecule has 0 aromatic heterocycles. The smallest absolute Gasteiger partial charge is 0.209 e. The van der Waals surface area contributed by atoms with Gasteiger partial charge in [0.2, 0.25) is 10.0 Å². The Hall–Kier alpha value is -0.110. The fraction of sp³-hybridized carbons (Fsp3) is 0.500. The number of hydrogen-bond acceptors (Lipinski definition) is 3. The summed E-state index contributed by atoms with van der Waals surface area (Å²) in [6.45, 7) is 4.21. The summed E-state index contributed by atoms with van der Waals surface area (Å²) >= 11 is 6.80. The van der Waals surface area contributed by atoms with Crippen LogP contribution in [0.2, 0.25) is 0 Å². The van der Waals surface area contributed by atoms with Crippen LogP contribution in [-0.2, 0) is 10.0 Å². The molecule has 0 aliphatic heterocycles. The standard InChI is InChI=1S/C12H17Br2NO3S/c1-8(2)9(7-19(15,16)17)6-18-12-10(13)4-3-5-11(12)14/h3-5,8-9H,6-7H2,1-2H3,(H2,15,16,17). The van der Waals surface area contributed by atoms with E-state index in [-0.39, 0.29) is 17.6 Å². The predicted molar refractivity (Wildman–Crippen MR) is 83.6 cm³/mol. The fourth-order valence-corrected chi connectivity index (χ4v) is 3.85. The van der Waals surface area contributed by atoms with Gasteiger partial charge in [0, 0.05) is 5.92 Å². The average molecular weight is 415 g/mol. The molecule has 1 aromatic carbocycles. The number of ether oxygens (including phenoxy) is 1. The van der Waals surface area contributed by atoms with Gasteiger partial charge in [0.1, 0.15) is 5.75 Å². The summed E-state index contributed by atoms with van der Waals surface area (Å²) in [5, 5.41) is 5.10. The van der Waals surface area contributed by atoms with E-state index < -0.39 is 10.0 Å². The minimum atomic E-state index is -3.50. The number of sulfonamides is 1. The zero-order chi connectivity index (χ0) is 14.6. The van der Waals surface area contributed by atoms with Gasteiger partial charge in [0.05, 0.1) is 21.3 Å². The predicted octanol–water partition coefficient (Wildman–Crippen LogP) is 3.15. The number of hydrogen-bond donors (Lipinski definition) is 1. The monoisotopic (exact) mass is 413 g/mol. The van der Waals surface area contributed by atoms with Gasteiger partial charge in [-0.1, -0.05) is 19.9 Å². The van der Waals surface area contributed by atoms with Gasteiger partial charge in [-0.05, 0) is 49.9 Å². The molecule has 1 atom stereocenters. The number of halogens is 2. The Labute approximate surface area is 131 Å². The zero-order valence-electron chi connectivity index (χ0n) is 10.8. The molecule has 2 N–H and O–H groups in total. The third-order valence-electron chi connectivity index (χ3n) is 2.75. The molecule has 0 saturated heterocycles. The van der Waals surface area contributed by atoms with E-state index in [4.69, 9.17) is 9.88 Å². The highest BCUT2D eigenvalue weighted by atomic mass is 79.9. The lowest BCUT2D eigenvalue weighted by molar-refractivity contribution is 0.222. The first-order valence-corrected chi connectivity index (χ1v) is 9.08. The van der Waals surface area contributed by atoms with Gasteiger partial charge in [0.15, 0.2) is 0 Å². The van der Waals surface area contributed by atoms with E-state index in [1.54, 1.807) is 0 Å². The third-order valence-corrected chi connectivity index (χ3v) is 4.89. The van der Waals surface area contributed by atoms with Gasteiger partial charge < -0.3 is 4.74 Å². The molecule has 0 amide bonds. The van der Waals surface area contributed by atoms with E-state index in [0.29, 0.717) is 12.4 Å². The molecule has 0 bridgehead atoms. The van der Waals surface area contributed by atoms with Gasteiger partial charge in [-0.15, -0.1) is 0 Å². The molecule has 0 heterocycles. The lowest BCUT2D eigenvalue weighted by Gasteiger charge is -2.21. The number of primary sulfonamides is 1. The Morgan fingerprint density at radius 2 is 1.79 bits per heavy atom. The number of benzene rings is 1. The van der Waals surface area contributed by atoms with Crippen molar-refractivity contribution in [1.82, 2.24) is 0 Å². The van der Waals surface area contributed by atoms with Crippen molar-refractivity contribution in [3.05, 3.63) is 27.1 Å². The second-order valence-electron chi connectivity index (χ2n) is 4.70. The molecule has 0 saturated carbocycles. The number of para-hydroxylation sites is 1. The maximum absolute atomic E-state index is 11.2. The molecule has 1 aromatic rings. The summed E-state index contributed by atoms with van der Waals surface area (Å²) < 4.78 is 29.8. The minimum Gasteiger partial charge on any atom is -0.491 e. The van der Waals surface area contributed by atoms with Crippen molar-refractivity contribution in [3.63, 3.8) is 0 Å². The van der Waals surface area contributed by atoms with Crippen molar-refractivity contribution in [3.8, 4) is 5.75 Å². The van der Waals surface area contributed by atoms with Crippen LogP contribution in [0, 0.1) is 11.8 Å². The molecule has 0 fully saturated rings. The lowest BCUT2D eigenvalue weighted by atomic mass is 9.99. The Balaban J connectivity index is 2.77. The van der Waals surface area contributed by atoms with Crippen LogP contribution in [0.4, 0.5) is 0 Å². The molecule has 108 valence electrons. The van der Waals surface area contributed by atoms with Gasteiger partial charge in [-0.2, -0.15) is 0 Å². The molecule has 0 radical (unpaired) electrons. The first kappa shape index (κ1) is 16.9. The maximum Gasteiger partial charge on any atom is 0.209 e. The van der Waals surface area contributed by atoms with Crippen molar-refractivity contribution in [2.75, 3.05) is 12.4 Å². The second-order valence-corrected chi connectivity index (χ2v) is 8.06. The Bertz CT molecular complexity index is 512. The van der Waals surface area contributed by atoms with E-state index in [0.717, 1.165) is 8.95 Å². The largest absolute Gasteiger partial charge is 0.491 e. The van der Waals surface area contributed by atoms with Crippen molar-refractivity contribution in [1.29, 1.82) is 0 Å². The zero-order valence-corrected chi connectivity index (χ0v) is 14.8. The highest BCUT2D eigenvalue weighted by Gasteiger charge is 2.21. The van der Waals surface area contributed by atoms with Crippen molar-refractivity contribution in [2.24, 2.45) is 17.0 Å². The van der Waals surface area contributed by atoms with Crippen LogP contribution in [0.3, 0.4) is 0 Å². The summed E-state index contributed by atoms with van der Waals surface area (Å²) in [5.74, 6) is 0.614. The first-order chi connectivity index (χ1) is 8.70. The molecule has 1 unspecified atom stereocenters. The highest BCUT2D eigenvalue weighted by molar-refractivity contribution is 9.11. The molecule has 19 heavy (non-hydrogen) atoms.